The van der Waals surface area contributed by atoms with Crippen LogP contribution in [-0.4, -0.2) is 28.1 Å². The normalized spacial score (nSPS) is 18.0. The lowest BCUT2D eigenvalue weighted by molar-refractivity contribution is -0.128. The summed E-state index contributed by atoms with van der Waals surface area (Å²) in [6, 6.07) is 10.3. The van der Waals surface area contributed by atoms with Crippen LogP contribution in [-0.2, 0) is 4.79 Å². The van der Waals surface area contributed by atoms with Gasteiger partial charge in [-0.3, -0.25) is 9.78 Å². The Hall–Kier alpha value is -1.33. The Morgan fingerprint density at radius 3 is 2.74 bits per heavy atom. The zero-order valence-corrected chi connectivity index (χ0v) is 15.6. The van der Waals surface area contributed by atoms with Gasteiger partial charge in [-0.25, -0.2) is 0 Å². The molecule has 0 radical (unpaired) electrons. The molecule has 0 bridgehead atoms. The van der Waals surface area contributed by atoms with Crippen molar-refractivity contribution >= 4 is 33.6 Å². The molecular weight excluding hydrogens is 372 g/mol. The molecule has 5 heteroatoms. The molecule has 1 fully saturated rings. The zero-order valence-electron chi connectivity index (χ0n) is 13.2. The maximum absolute atomic E-state index is 12.3. The van der Waals surface area contributed by atoms with Gasteiger partial charge in [0.15, 0.2) is 0 Å². The average Bonchev–Trinajstić information content (AvgIpc) is 2.88. The van der Waals surface area contributed by atoms with Crippen LogP contribution in [0.2, 0.25) is 0 Å². The van der Waals surface area contributed by atoms with Crippen LogP contribution in [0, 0.1) is 5.92 Å². The SMILES string of the molecule is CC(C)CN1C(=O)CSC1c1cnccc1-c1ccc(Br)cc1. The molecule has 1 atom stereocenters. The van der Waals surface area contributed by atoms with E-state index in [9.17, 15) is 4.79 Å². The van der Waals surface area contributed by atoms with Crippen molar-refractivity contribution in [2.24, 2.45) is 5.92 Å². The van der Waals surface area contributed by atoms with Gasteiger partial charge in [0.05, 0.1) is 5.75 Å². The Bertz CT molecular complexity index is 702. The third-order valence-corrected chi connectivity index (χ3v) is 5.57. The third-order valence-electron chi connectivity index (χ3n) is 3.80. The summed E-state index contributed by atoms with van der Waals surface area (Å²) in [5.41, 5.74) is 3.41. The number of benzene rings is 1. The van der Waals surface area contributed by atoms with Crippen molar-refractivity contribution in [3.8, 4) is 11.1 Å². The van der Waals surface area contributed by atoms with Crippen molar-refractivity contribution < 1.29 is 4.79 Å². The molecule has 3 rings (SSSR count). The van der Waals surface area contributed by atoms with E-state index in [1.807, 2.05) is 35.5 Å². The minimum Gasteiger partial charge on any atom is -0.325 e. The number of thioether (sulfide) groups is 1. The first kappa shape index (κ1) is 16.5. The van der Waals surface area contributed by atoms with E-state index < -0.39 is 0 Å². The van der Waals surface area contributed by atoms with Crippen molar-refractivity contribution in [1.29, 1.82) is 0 Å². The fourth-order valence-corrected chi connectivity index (χ4v) is 4.28. The first-order chi connectivity index (χ1) is 11.1. The largest absolute Gasteiger partial charge is 0.325 e. The first-order valence-corrected chi connectivity index (χ1v) is 9.51. The molecule has 2 heterocycles. The Kier molecular flexibility index (Phi) is 5.07. The Balaban J connectivity index is 1.99. The van der Waals surface area contributed by atoms with E-state index in [1.165, 1.54) is 0 Å². The van der Waals surface area contributed by atoms with Crippen LogP contribution in [0.4, 0.5) is 0 Å². The highest BCUT2D eigenvalue weighted by atomic mass is 79.9. The van der Waals surface area contributed by atoms with E-state index in [0.29, 0.717) is 11.7 Å². The van der Waals surface area contributed by atoms with Crippen molar-refractivity contribution in [3.05, 3.63) is 52.8 Å². The molecule has 23 heavy (non-hydrogen) atoms. The maximum Gasteiger partial charge on any atom is 0.233 e. The molecule has 1 aromatic carbocycles. The molecule has 0 N–H and O–H groups in total. The highest BCUT2D eigenvalue weighted by Crippen LogP contribution is 2.42. The van der Waals surface area contributed by atoms with E-state index in [-0.39, 0.29) is 11.3 Å². The fourth-order valence-electron chi connectivity index (χ4n) is 2.80. The Morgan fingerprint density at radius 1 is 1.30 bits per heavy atom. The number of aromatic nitrogens is 1. The second-order valence-electron chi connectivity index (χ2n) is 6.07. The number of halogens is 1. The summed E-state index contributed by atoms with van der Waals surface area (Å²) >= 11 is 5.17. The number of nitrogens with zero attached hydrogens (tertiary/aromatic N) is 2. The van der Waals surface area contributed by atoms with Crippen LogP contribution in [0.15, 0.2) is 47.2 Å². The Labute approximate surface area is 149 Å². The van der Waals surface area contributed by atoms with Gasteiger partial charge < -0.3 is 4.90 Å². The van der Waals surface area contributed by atoms with Gasteiger partial charge in [0.1, 0.15) is 5.37 Å². The smallest absolute Gasteiger partial charge is 0.233 e. The van der Waals surface area contributed by atoms with Gasteiger partial charge in [0, 0.05) is 29.0 Å². The van der Waals surface area contributed by atoms with E-state index in [1.54, 1.807) is 11.8 Å². The fraction of sp³-hybridized carbons (Fsp3) is 0.333. The summed E-state index contributed by atoms with van der Waals surface area (Å²) in [5, 5.41) is 0.0530. The summed E-state index contributed by atoms with van der Waals surface area (Å²) < 4.78 is 1.06. The molecule has 3 nitrogen and oxygen atoms in total. The van der Waals surface area contributed by atoms with Crippen molar-refractivity contribution in [2.45, 2.75) is 19.2 Å². The third kappa shape index (κ3) is 3.61. The standard InChI is InChI=1S/C18H19BrN2OS/c1-12(2)10-21-17(22)11-23-18(21)16-9-20-8-7-15(16)13-3-5-14(19)6-4-13/h3-9,12,18H,10-11H2,1-2H3. The van der Waals surface area contributed by atoms with Gasteiger partial charge in [0.2, 0.25) is 5.91 Å². The number of hydrogen-bond acceptors (Lipinski definition) is 3. The number of carbonyl (C=O) groups is 1. The van der Waals surface area contributed by atoms with E-state index in [4.69, 9.17) is 0 Å². The molecule has 1 aliphatic rings. The maximum atomic E-state index is 12.3. The van der Waals surface area contributed by atoms with Crippen molar-refractivity contribution in [1.82, 2.24) is 9.88 Å². The number of hydrogen-bond donors (Lipinski definition) is 0. The quantitative estimate of drug-likeness (QED) is 0.755. The first-order valence-electron chi connectivity index (χ1n) is 7.67. The van der Waals surface area contributed by atoms with E-state index in [0.717, 1.165) is 27.7 Å². The van der Waals surface area contributed by atoms with E-state index >= 15 is 0 Å². The molecule has 1 aliphatic heterocycles. The summed E-state index contributed by atoms with van der Waals surface area (Å²) in [5.74, 6) is 1.22. The molecule has 1 amide bonds. The van der Waals surface area contributed by atoms with Gasteiger partial charge in [-0.05, 0) is 35.2 Å². The minimum atomic E-state index is 0.0530. The lowest BCUT2D eigenvalue weighted by Crippen LogP contribution is -2.31. The summed E-state index contributed by atoms with van der Waals surface area (Å²) in [6.45, 7) is 5.07. The predicted octanol–water partition coefficient (Wildman–Crippen LogP) is 4.74. The predicted molar refractivity (Wildman–Crippen MR) is 99.1 cm³/mol. The monoisotopic (exact) mass is 390 g/mol. The van der Waals surface area contributed by atoms with Gasteiger partial charge in [0.25, 0.3) is 0 Å². The van der Waals surface area contributed by atoms with Crippen LogP contribution >= 0.6 is 27.7 Å². The van der Waals surface area contributed by atoms with Gasteiger partial charge in [-0.15, -0.1) is 11.8 Å². The average molecular weight is 391 g/mol. The lowest BCUT2D eigenvalue weighted by atomic mass is 10.0. The second kappa shape index (κ2) is 7.05. The van der Waals surface area contributed by atoms with Crippen LogP contribution in [0.1, 0.15) is 24.8 Å². The highest BCUT2D eigenvalue weighted by molar-refractivity contribution is 9.10. The molecule has 0 saturated carbocycles. The van der Waals surface area contributed by atoms with Gasteiger partial charge >= 0.3 is 0 Å². The second-order valence-corrected chi connectivity index (χ2v) is 8.06. The minimum absolute atomic E-state index is 0.0530. The molecule has 1 aromatic heterocycles. The number of amides is 1. The van der Waals surface area contributed by atoms with Crippen molar-refractivity contribution in [2.75, 3.05) is 12.3 Å². The molecule has 120 valence electrons. The Morgan fingerprint density at radius 2 is 2.04 bits per heavy atom. The van der Waals surface area contributed by atoms with Gasteiger partial charge in [-0.2, -0.15) is 0 Å². The topological polar surface area (TPSA) is 33.2 Å². The molecule has 1 unspecified atom stereocenters. The number of rotatable bonds is 4. The zero-order chi connectivity index (χ0) is 16.4. The molecule has 0 spiro atoms. The summed E-state index contributed by atoms with van der Waals surface area (Å²) in [7, 11) is 0. The summed E-state index contributed by atoms with van der Waals surface area (Å²) in [4.78, 5) is 18.6. The number of carbonyl (C=O) groups excluding carboxylic acids is 1. The van der Waals surface area contributed by atoms with Crippen LogP contribution < -0.4 is 0 Å². The van der Waals surface area contributed by atoms with Crippen LogP contribution in [0.3, 0.4) is 0 Å². The molecule has 1 saturated heterocycles. The summed E-state index contributed by atoms with van der Waals surface area (Å²) in [6.07, 6.45) is 3.72. The van der Waals surface area contributed by atoms with Crippen LogP contribution in [0.25, 0.3) is 11.1 Å². The molecular formula is C18H19BrN2OS. The number of pyridine rings is 1. The lowest BCUT2D eigenvalue weighted by Gasteiger charge is -2.27. The van der Waals surface area contributed by atoms with Crippen LogP contribution in [0.5, 0.6) is 0 Å². The molecule has 0 aliphatic carbocycles. The van der Waals surface area contributed by atoms with Crippen molar-refractivity contribution in [3.63, 3.8) is 0 Å². The van der Waals surface area contributed by atoms with E-state index in [2.05, 4.69) is 46.9 Å². The highest BCUT2D eigenvalue weighted by Gasteiger charge is 2.34. The molecule has 2 aromatic rings. The van der Waals surface area contributed by atoms with Gasteiger partial charge in [-0.1, -0.05) is 41.9 Å².